The fraction of sp³-hybridized carbons (Fsp3) is 0.350. The predicted molar refractivity (Wildman–Crippen MR) is 96.3 cm³/mol. The molecule has 126 valence electrons. The Morgan fingerprint density at radius 3 is 2.38 bits per heavy atom. The maximum absolute atomic E-state index is 12.4. The fourth-order valence-corrected chi connectivity index (χ4v) is 3.12. The van der Waals surface area contributed by atoms with E-state index in [0.29, 0.717) is 18.9 Å². The summed E-state index contributed by atoms with van der Waals surface area (Å²) in [6.07, 6.45) is 0. The quantitative estimate of drug-likeness (QED) is 0.912. The van der Waals surface area contributed by atoms with Crippen LogP contribution < -0.4 is 10.1 Å². The van der Waals surface area contributed by atoms with Crippen LogP contribution in [0.5, 0.6) is 5.75 Å². The van der Waals surface area contributed by atoms with Crippen molar-refractivity contribution in [2.75, 3.05) is 18.5 Å². The number of rotatable bonds is 5. The van der Waals surface area contributed by atoms with Gasteiger partial charge in [0, 0.05) is 13.1 Å². The number of carbonyl (C=O) groups is 1. The van der Waals surface area contributed by atoms with Gasteiger partial charge in [-0.3, -0.25) is 9.69 Å². The molecule has 3 rings (SSSR count). The van der Waals surface area contributed by atoms with Gasteiger partial charge in [0.05, 0.1) is 18.8 Å². The van der Waals surface area contributed by atoms with Crippen molar-refractivity contribution in [3.63, 3.8) is 0 Å². The average molecular weight is 324 g/mol. The summed E-state index contributed by atoms with van der Waals surface area (Å²) in [7, 11) is 0. The summed E-state index contributed by atoms with van der Waals surface area (Å²) in [5.74, 6) is 0.702. The molecule has 1 heterocycles. The van der Waals surface area contributed by atoms with Gasteiger partial charge in [-0.1, -0.05) is 24.3 Å². The Kier molecular flexibility index (Phi) is 4.86. The van der Waals surface area contributed by atoms with Crippen molar-refractivity contribution >= 4 is 11.6 Å². The molecule has 4 heteroatoms. The minimum Gasteiger partial charge on any atom is -0.492 e. The lowest BCUT2D eigenvalue weighted by Gasteiger charge is -2.16. The van der Waals surface area contributed by atoms with Crippen molar-refractivity contribution in [2.45, 2.75) is 33.9 Å². The van der Waals surface area contributed by atoms with Crippen LogP contribution in [0.15, 0.2) is 36.4 Å². The van der Waals surface area contributed by atoms with Gasteiger partial charge in [-0.2, -0.15) is 0 Å². The van der Waals surface area contributed by atoms with Crippen molar-refractivity contribution < 1.29 is 9.53 Å². The van der Waals surface area contributed by atoms with Gasteiger partial charge in [0.15, 0.2) is 0 Å². The van der Waals surface area contributed by atoms with Crippen LogP contribution in [-0.2, 0) is 17.9 Å². The first-order chi connectivity index (χ1) is 11.6. The largest absolute Gasteiger partial charge is 0.492 e. The lowest BCUT2D eigenvalue weighted by atomic mass is 10.0. The van der Waals surface area contributed by atoms with Crippen LogP contribution in [0.25, 0.3) is 0 Å². The molecule has 0 spiro atoms. The highest BCUT2D eigenvalue weighted by Crippen LogP contribution is 2.26. The Balaban J connectivity index is 1.63. The van der Waals surface area contributed by atoms with E-state index in [4.69, 9.17) is 4.74 Å². The summed E-state index contributed by atoms with van der Waals surface area (Å²) in [6, 6.07) is 12.0. The van der Waals surface area contributed by atoms with Crippen LogP contribution in [0, 0.1) is 13.8 Å². The Morgan fingerprint density at radius 1 is 1.12 bits per heavy atom. The predicted octanol–water partition coefficient (Wildman–Crippen LogP) is 3.66. The molecule has 2 aromatic carbocycles. The number of hydrogen-bond donors (Lipinski definition) is 1. The Hall–Kier alpha value is -2.33. The summed E-state index contributed by atoms with van der Waals surface area (Å²) >= 11 is 0. The number of anilines is 1. The number of carbonyl (C=O) groups excluding carboxylic acids is 1. The first-order valence-electron chi connectivity index (χ1n) is 8.40. The second kappa shape index (κ2) is 7.05. The summed E-state index contributed by atoms with van der Waals surface area (Å²) in [6.45, 7) is 8.82. The van der Waals surface area contributed by atoms with E-state index in [1.807, 2.05) is 31.2 Å². The summed E-state index contributed by atoms with van der Waals surface area (Å²) in [4.78, 5) is 14.6. The molecule has 0 radical (unpaired) electrons. The zero-order chi connectivity index (χ0) is 17.1. The standard InChI is InChI=1S/C20H24N2O2/c1-4-24-19-8-6-5-7-18(19)21-20(23)13-22-11-16-9-14(2)15(3)10-17(16)12-22/h5-10H,4,11-13H2,1-3H3,(H,21,23). The maximum atomic E-state index is 12.4. The van der Waals surface area contributed by atoms with E-state index in [2.05, 4.69) is 36.2 Å². The maximum Gasteiger partial charge on any atom is 0.238 e. The summed E-state index contributed by atoms with van der Waals surface area (Å²) in [5, 5.41) is 2.97. The van der Waals surface area contributed by atoms with Gasteiger partial charge in [0.1, 0.15) is 5.75 Å². The smallest absolute Gasteiger partial charge is 0.238 e. The third kappa shape index (κ3) is 3.60. The highest BCUT2D eigenvalue weighted by molar-refractivity contribution is 5.93. The van der Waals surface area contributed by atoms with E-state index in [0.717, 1.165) is 18.8 Å². The number of ether oxygens (including phenoxy) is 1. The monoisotopic (exact) mass is 324 g/mol. The van der Waals surface area contributed by atoms with Crippen molar-refractivity contribution in [2.24, 2.45) is 0 Å². The van der Waals surface area contributed by atoms with E-state index in [1.54, 1.807) is 0 Å². The van der Waals surface area contributed by atoms with E-state index >= 15 is 0 Å². The molecular weight excluding hydrogens is 300 g/mol. The number of amides is 1. The van der Waals surface area contributed by atoms with Gasteiger partial charge in [-0.05, 0) is 55.2 Å². The normalized spacial score (nSPS) is 13.6. The van der Waals surface area contributed by atoms with Crippen LogP contribution in [0.3, 0.4) is 0 Å². The molecule has 0 aromatic heterocycles. The minimum atomic E-state index is -0.0107. The van der Waals surface area contributed by atoms with Crippen molar-refractivity contribution in [1.82, 2.24) is 4.90 Å². The number of benzene rings is 2. The molecule has 1 aliphatic rings. The molecular formula is C20H24N2O2. The third-order valence-corrected chi connectivity index (χ3v) is 4.43. The minimum absolute atomic E-state index is 0.0107. The SMILES string of the molecule is CCOc1ccccc1NC(=O)CN1Cc2cc(C)c(C)cc2C1. The molecule has 1 N–H and O–H groups in total. The van der Waals surface area contributed by atoms with E-state index < -0.39 is 0 Å². The molecule has 0 atom stereocenters. The molecule has 0 fully saturated rings. The van der Waals surface area contributed by atoms with Gasteiger partial charge >= 0.3 is 0 Å². The molecule has 4 nitrogen and oxygen atoms in total. The van der Waals surface area contributed by atoms with Crippen molar-refractivity contribution in [3.05, 3.63) is 58.7 Å². The zero-order valence-corrected chi connectivity index (χ0v) is 14.6. The molecule has 0 aliphatic carbocycles. The summed E-state index contributed by atoms with van der Waals surface area (Å²) in [5.41, 5.74) is 6.02. The topological polar surface area (TPSA) is 41.6 Å². The van der Waals surface area contributed by atoms with Crippen LogP contribution in [0.2, 0.25) is 0 Å². The number of nitrogens with zero attached hydrogens (tertiary/aromatic N) is 1. The van der Waals surface area contributed by atoms with Crippen LogP contribution in [-0.4, -0.2) is 24.0 Å². The van der Waals surface area contributed by atoms with Crippen molar-refractivity contribution in [1.29, 1.82) is 0 Å². The van der Waals surface area contributed by atoms with Gasteiger partial charge in [0.2, 0.25) is 5.91 Å². The Morgan fingerprint density at radius 2 is 1.75 bits per heavy atom. The number of nitrogens with one attached hydrogen (secondary N) is 1. The third-order valence-electron chi connectivity index (χ3n) is 4.43. The van der Waals surface area contributed by atoms with Gasteiger partial charge in [-0.25, -0.2) is 0 Å². The highest BCUT2D eigenvalue weighted by atomic mass is 16.5. The van der Waals surface area contributed by atoms with Gasteiger partial charge in [-0.15, -0.1) is 0 Å². The molecule has 24 heavy (non-hydrogen) atoms. The lowest BCUT2D eigenvalue weighted by Crippen LogP contribution is -2.29. The number of para-hydroxylation sites is 2. The number of hydrogen-bond acceptors (Lipinski definition) is 3. The molecule has 0 saturated carbocycles. The molecule has 2 aromatic rings. The molecule has 1 amide bonds. The number of aryl methyl sites for hydroxylation is 2. The first-order valence-corrected chi connectivity index (χ1v) is 8.40. The molecule has 0 saturated heterocycles. The second-order valence-corrected chi connectivity index (χ2v) is 6.33. The number of fused-ring (bicyclic) bond motifs is 1. The molecule has 0 unspecified atom stereocenters. The fourth-order valence-electron chi connectivity index (χ4n) is 3.12. The van der Waals surface area contributed by atoms with E-state index in [1.165, 1.54) is 22.3 Å². The Labute approximate surface area is 143 Å². The van der Waals surface area contributed by atoms with E-state index in [-0.39, 0.29) is 5.91 Å². The first kappa shape index (κ1) is 16.5. The lowest BCUT2D eigenvalue weighted by molar-refractivity contribution is -0.117. The average Bonchev–Trinajstić information content (AvgIpc) is 2.91. The van der Waals surface area contributed by atoms with E-state index in [9.17, 15) is 4.79 Å². The second-order valence-electron chi connectivity index (χ2n) is 6.33. The van der Waals surface area contributed by atoms with Gasteiger partial charge in [0.25, 0.3) is 0 Å². The van der Waals surface area contributed by atoms with Crippen molar-refractivity contribution in [3.8, 4) is 5.75 Å². The molecule has 1 aliphatic heterocycles. The van der Waals surface area contributed by atoms with Crippen LogP contribution in [0.1, 0.15) is 29.2 Å². The van der Waals surface area contributed by atoms with Gasteiger partial charge < -0.3 is 10.1 Å². The van der Waals surface area contributed by atoms with Crippen LogP contribution >= 0.6 is 0 Å². The van der Waals surface area contributed by atoms with Crippen LogP contribution in [0.4, 0.5) is 5.69 Å². The highest BCUT2D eigenvalue weighted by Gasteiger charge is 2.22. The molecule has 0 bridgehead atoms. The Bertz CT molecular complexity index is 724. The zero-order valence-electron chi connectivity index (χ0n) is 14.6. The summed E-state index contributed by atoms with van der Waals surface area (Å²) < 4.78 is 5.56.